The molecular weight excluding hydrogens is 442 g/mol. The smallest absolute Gasteiger partial charge is 0.247 e. The number of primary amides is 1. The van der Waals surface area contributed by atoms with Crippen molar-refractivity contribution in [1.82, 2.24) is 9.62 Å². The van der Waals surface area contributed by atoms with Gasteiger partial charge in [0.1, 0.15) is 17.2 Å². The molecule has 2 aromatic rings. The molecule has 0 aliphatic heterocycles. The van der Waals surface area contributed by atoms with Crippen LogP contribution in [0.1, 0.15) is 43.0 Å². The summed E-state index contributed by atoms with van der Waals surface area (Å²) in [4.78, 5) is 25.9. The molecule has 0 aliphatic rings. The summed E-state index contributed by atoms with van der Waals surface area (Å²) in [5, 5.41) is 0. The first-order valence-electron chi connectivity index (χ1n) is 10.6. The lowest BCUT2D eigenvalue weighted by molar-refractivity contribution is -0.133. The molecule has 0 bridgehead atoms. The van der Waals surface area contributed by atoms with Gasteiger partial charge in [-0.1, -0.05) is 43.7 Å². The average molecular weight is 474 g/mol. The average Bonchev–Trinajstić information content (AvgIpc) is 2.81. The number of rotatable bonds is 11. The van der Waals surface area contributed by atoms with Gasteiger partial charge in [0.25, 0.3) is 0 Å². The number of ether oxygens (including phenoxy) is 1. The van der Waals surface area contributed by atoms with Crippen LogP contribution >= 0.6 is 0 Å². The highest BCUT2D eigenvalue weighted by Gasteiger charge is 2.22. The molecule has 0 radical (unpaired) electrons. The van der Waals surface area contributed by atoms with Gasteiger partial charge in [-0.25, -0.2) is 13.1 Å². The van der Waals surface area contributed by atoms with E-state index < -0.39 is 21.8 Å². The van der Waals surface area contributed by atoms with Gasteiger partial charge >= 0.3 is 0 Å². The fourth-order valence-electron chi connectivity index (χ4n) is 3.39. The van der Waals surface area contributed by atoms with Crippen LogP contribution in [0.2, 0.25) is 0 Å². The number of nitrogens with two attached hydrogens (primary N) is 1. The fourth-order valence-corrected chi connectivity index (χ4v) is 4.31. The van der Waals surface area contributed by atoms with Gasteiger partial charge in [0, 0.05) is 6.08 Å². The molecule has 0 unspecified atom stereocenters. The minimum atomic E-state index is -3.76. The number of amides is 2. The van der Waals surface area contributed by atoms with E-state index in [1.807, 2.05) is 31.2 Å². The number of sulfonamides is 1. The lowest BCUT2D eigenvalue weighted by Gasteiger charge is -2.27. The summed E-state index contributed by atoms with van der Waals surface area (Å²) in [7, 11) is -1.08. The normalized spacial score (nSPS) is 12.5. The summed E-state index contributed by atoms with van der Waals surface area (Å²) < 4.78 is 31.9. The zero-order valence-electron chi connectivity index (χ0n) is 19.4. The number of benzene rings is 2. The van der Waals surface area contributed by atoms with E-state index in [1.165, 1.54) is 48.9 Å². The molecule has 9 heteroatoms. The molecule has 0 heterocycles. The van der Waals surface area contributed by atoms with Gasteiger partial charge in [0.05, 0.1) is 13.2 Å². The first kappa shape index (κ1) is 26.1. The Hall–Kier alpha value is -3.17. The molecule has 3 N–H and O–H groups in total. The third kappa shape index (κ3) is 6.90. The highest BCUT2D eigenvalue weighted by molar-refractivity contribution is 7.89. The molecule has 0 fully saturated rings. The first-order chi connectivity index (χ1) is 15.6. The van der Waals surface area contributed by atoms with Gasteiger partial charge < -0.3 is 15.4 Å². The summed E-state index contributed by atoms with van der Waals surface area (Å²) in [5.74, 6) is -0.867. The Balaban J connectivity index is 2.31. The van der Waals surface area contributed by atoms with Gasteiger partial charge in [-0.15, -0.1) is 0 Å². The molecule has 2 amide bonds. The Morgan fingerprint density at radius 2 is 1.85 bits per heavy atom. The van der Waals surface area contributed by atoms with Gasteiger partial charge in [-0.2, -0.15) is 0 Å². The van der Waals surface area contributed by atoms with Crippen molar-refractivity contribution in [2.75, 3.05) is 20.7 Å². The maximum atomic E-state index is 13.0. The molecule has 33 heavy (non-hydrogen) atoms. The van der Waals surface area contributed by atoms with Crippen LogP contribution in [0.3, 0.4) is 0 Å². The second kappa shape index (κ2) is 11.6. The van der Waals surface area contributed by atoms with E-state index in [4.69, 9.17) is 10.5 Å². The van der Waals surface area contributed by atoms with Crippen molar-refractivity contribution in [2.45, 2.75) is 37.6 Å². The molecular formula is C24H31N3O5S. The summed E-state index contributed by atoms with van der Waals surface area (Å²) >= 11 is 0. The van der Waals surface area contributed by atoms with E-state index in [2.05, 4.69) is 11.6 Å². The molecule has 0 aliphatic carbocycles. The monoisotopic (exact) mass is 473 g/mol. The molecule has 1 atom stereocenters. The predicted octanol–water partition coefficient (Wildman–Crippen LogP) is 2.64. The maximum absolute atomic E-state index is 13.0. The third-order valence-electron chi connectivity index (χ3n) is 5.24. The minimum Gasteiger partial charge on any atom is -0.495 e. The summed E-state index contributed by atoms with van der Waals surface area (Å²) in [5.41, 5.74) is 7.95. The van der Waals surface area contributed by atoms with Crippen LogP contribution in [-0.4, -0.2) is 45.8 Å². The second-order valence-electron chi connectivity index (χ2n) is 7.55. The van der Waals surface area contributed by atoms with Gasteiger partial charge in [-0.05, 0) is 55.3 Å². The molecule has 0 aromatic heterocycles. The molecule has 0 saturated carbocycles. The zero-order valence-corrected chi connectivity index (χ0v) is 20.2. The number of nitrogens with one attached hydrogen (secondary N) is 1. The minimum absolute atomic E-state index is 0.0448. The number of aryl methyl sites for hydroxylation is 1. The van der Waals surface area contributed by atoms with E-state index in [1.54, 1.807) is 6.07 Å². The highest BCUT2D eigenvalue weighted by Crippen LogP contribution is 2.26. The van der Waals surface area contributed by atoms with Gasteiger partial charge in [-0.3, -0.25) is 9.59 Å². The van der Waals surface area contributed by atoms with E-state index in [0.717, 1.165) is 18.4 Å². The third-order valence-corrected chi connectivity index (χ3v) is 6.68. The Bertz CT molecular complexity index is 1110. The number of methoxy groups -OCH3 is 1. The Morgan fingerprint density at radius 1 is 1.18 bits per heavy atom. The van der Waals surface area contributed by atoms with Crippen molar-refractivity contribution < 1.29 is 22.7 Å². The Morgan fingerprint density at radius 3 is 2.39 bits per heavy atom. The number of hydrogen-bond donors (Lipinski definition) is 2. The van der Waals surface area contributed by atoms with Crippen LogP contribution in [-0.2, 0) is 26.0 Å². The lowest BCUT2D eigenvalue weighted by Crippen LogP contribution is -2.39. The number of carbonyl (C=O) groups is 2. The number of nitrogens with zero attached hydrogens (tertiary/aromatic N) is 1. The molecule has 8 nitrogen and oxygen atoms in total. The summed E-state index contributed by atoms with van der Waals surface area (Å²) in [6.45, 7) is 3.69. The Kier molecular flexibility index (Phi) is 9.19. The van der Waals surface area contributed by atoms with Crippen LogP contribution in [0.15, 0.2) is 53.4 Å². The van der Waals surface area contributed by atoms with Crippen LogP contribution in [0.25, 0.3) is 6.08 Å². The van der Waals surface area contributed by atoms with Crippen LogP contribution < -0.4 is 15.2 Å². The van der Waals surface area contributed by atoms with Crippen LogP contribution in [0.4, 0.5) is 0 Å². The molecule has 0 spiro atoms. The molecule has 178 valence electrons. The number of hydrogen-bond acceptors (Lipinski definition) is 5. The van der Waals surface area contributed by atoms with Crippen molar-refractivity contribution in [1.29, 1.82) is 0 Å². The fraction of sp³-hybridized carbons (Fsp3) is 0.333. The standard InChI is InChI=1S/C24H31N3O5S/c1-5-6-18-7-11-20(12-8-18)17(2)27(16-23(25)28)24(29)14-10-19-9-13-21(32-4)22(15-19)33(30,31)26-3/h7-15,17,26H,5-6,16H2,1-4H3,(H2,25,28)/b14-10+/t17-/m0/s1. The first-order valence-corrected chi connectivity index (χ1v) is 12.1. The van der Waals surface area contributed by atoms with Crippen molar-refractivity contribution in [3.63, 3.8) is 0 Å². The second-order valence-corrected chi connectivity index (χ2v) is 9.41. The SMILES string of the molecule is CCCc1ccc([C@H](C)N(CC(N)=O)C(=O)/C=C/c2ccc(OC)c(S(=O)(=O)NC)c2)cc1. The molecule has 0 saturated heterocycles. The van der Waals surface area contributed by atoms with Crippen molar-refractivity contribution in [2.24, 2.45) is 5.73 Å². The zero-order chi connectivity index (χ0) is 24.6. The van der Waals surface area contributed by atoms with Crippen molar-refractivity contribution >= 4 is 27.9 Å². The largest absolute Gasteiger partial charge is 0.495 e. The quantitative estimate of drug-likeness (QED) is 0.486. The predicted molar refractivity (Wildman–Crippen MR) is 128 cm³/mol. The van der Waals surface area contributed by atoms with E-state index in [0.29, 0.717) is 5.56 Å². The summed E-state index contributed by atoms with van der Waals surface area (Å²) in [6.07, 6.45) is 4.78. The van der Waals surface area contributed by atoms with E-state index in [-0.39, 0.29) is 23.2 Å². The molecule has 2 aromatic carbocycles. The van der Waals surface area contributed by atoms with Crippen molar-refractivity contribution in [3.05, 3.63) is 65.2 Å². The van der Waals surface area contributed by atoms with E-state index >= 15 is 0 Å². The number of carbonyl (C=O) groups excluding carboxylic acids is 2. The van der Waals surface area contributed by atoms with Crippen molar-refractivity contribution in [3.8, 4) is 5.75 Å². The van der Waals surface area contributed by atoms with Crippen LogP contribution in [0.5, 0.6) is 5.75 Å². The van der Waals surface area contributed by atoms with Gasteiger partial charge in [0.15, 0.2) is 0 Å². The lowest BCUT2D eigenvalue weighted by atomic mass is 10.0. The maximum Gasteiger partial charge on any atom is 0.247 e. The van der Waals surface area contributed by atoms with E-state index in [9.17, 15) is 18.0 Å². The highest BCUT2D eigenvalue weighted by atomic mass is 32.2. The molecule has 2 rings (SSSR count). The van der Waals surface area contributed by atoms with Crippen LogP contribution in [0, 0.1) is 0 Å². The summed E-state index contributed by atoms with van der Waals surface area (Å²) in [6, 6.07) is 12.1. The topological polar surface area (TPSA) is 119 Å². The van der Waals surface area contributed by atoms with Gasteiger partial charge in [0.2, 0.25) is 21.8 Å². The Labute approximate surface area is 195 Å².